The number of hydrogen-bond donors (Lipinski definition) is 1. The zero-order valence-electron chi connectivity index (χ0n) is 8.61. The van der Waals surface area contributed by atoms with Crippen LogP contribution in [0.15, 0.2) is 36.5 Å². The maximum atomic E-state index is 4.35. The van der Waals surface area contributed by atoms with Gasteiger partial charge in [0.1, 0.15) is 0 Å². The first-order valence-electron chi connectivity index (χ1n) is 5.54. The molecule has 1 aromatic heterocycles. The van der Waals surface area contributed by atoms with Crippen LogP contribution in [-0.2, 0) is 0 Å². The van der Waals surface area contributed by atoms with Crippen molar-refractivity contribution in [1.29, 1.82) is 0 Å². The third kappa shape index (κ3) is 1.56. The van der Waals surface area contributed by atoms with E-state index in [9.17, 15) is 0 Å². The predicted octanol–water partition coefficient (Wildman–Crippen LogP) is 3.20. The second-order valence-electron chi connectivity index (χ2n) is 4.15. The third-order valence-electron chi connectivity index (χ3n) is 3.11. The van der Waals surface area contributed by atoms with Gasteiger partial charge in [-0.3, -0.25) is 4.98 Å². The zero-order chi connectivity index (χ0) is 10.1. The fourth-order valence-electron chi connectivity index (χ4n) is 2.00. The van der Waals surface area contributed by atoms with Crippen molar-refractivity contribution >= 4 is 16.6 Å². The summed E-state index contributed by atoms with van der Waals surface area (Å²) in [6, 6.07) is 11.1. The van der Waals surface area contributed by atoms with Crippen LogP contribution in [0.4, 0.5) is 5.69 Å². The molecule has 15 heavy (non-hydrogen) atoms. The molecule has 0 unspecified atom stereocenters. The van der Waals surface area contributed by atoms with Crippen LogP contribution >= 0.6 is 0 Å². The Labute approximate surface area is 89.3 Å². The fourth-order valence-corrected chi connectivity index (χ4v) is 2.00. The molecule has 2 nitrogen and oxygen atoms in total. The monoisotopic (exact) mass is 198 g/mol. The Hall–Kier alpha value is -1.57. The van der Waals surface area contributed by atoms with Gasteiger partial charge in [-0.15, -0.1) is 0 Å². The predicted molar refractivity (Wildman–Crippen MR) is 63.0 cm³/mol. The molecule has 2 heteroatoms. The molecule has 3 rings (SSSR count). The highest BCUT2D eigenvalue weighted by Gasteiger charge is 2.17. The second-order valence-corrected chi connectivity index (χ2v) is 4.15. The lowest BCUT2D eigenvalue weighted by atomic mass is 9.93. The molecule has 0 aliphatic heterocycles. The number of anilines is 1. The second kappa shape index (κ2) is 3.54. The van der Waals surface area contributed by atoms with Gasteiger partial charge in [0.15, 0.2) is 0 Å². The summed E-state index contributed by atoms with van der Waals surface area (Å²) in [5.74, 6) is 0. The third-order valence-corrected chi connectivity index (χ3v) is 3.11. The number of rotatable bonds is 2. The molecule has 1 aliphatic rings. The fraction of sp³-hybridized carbons (Fsp3) is 0.308. The molecular weight excluding hydrogens is 184 g/mol. The van der Waals surface area contributed by atoms with Crippen molar-refractivity contribution in [3.63, 3.8) is 0 Å². The van der Waals surface area contributed by atoms with Crippen LogP contribution in [0.3, 0.4) is 0 Å². The van der Waals surface area contributed by atoms with E-state index in [2.05, 4.69) is 34.6 Å². The lowest BCUT2D eigenvalue weighted by molar-refractivity contribution is 0.446. The summed E-state index contributed by atoms with van der Waals surface area (Å²) in [5, 5.41) is 4.81. The van der Waals surface area contributed by atoms with E-state index in [0.29, 0.717) is 6.04 Å². The quantitative estimate of drug-likeness (QED) is 0.801. The molecule has 0 saturated heterocycles. The van der Waals surface area contributed by atoms with Gasteiger partial charge in [-0.25, -0.2) is 0 Å². The molecule has 1 aromatic carbocycles. The van der Waals surface area contributed by atoms with Crippen molar-refractivity contribution < 1.29 is 0 Å². The summed E-state index contributed by atoms with van der Waals surface area (Å²) in [7, 11) is 0. The van der Waals surface area contributed by atoms with Gasteiger partial charge in [-0.2, -0.15) is 0 Å². The Bertz CT molecular complexity index is 469. The Morgan fingerprint density at radius 1 is 1.13 bits per heavy atom. The Morgan fingerprint density at radius 3 is 2.87 bits per heavy atom. The van der Waals surface area contributed by atoms with E-state index in [1.807, 2.05) is 12.3 Å². The van der Waals surface area contributed by atoms with Crippen LogP contribution in [0.5, 0.6) is 0 Å². The van der Waals surface area contributed by atoms with E-state index < -0.39 is 0 Å². The van der Waals surface area contributed by atoms with Gasteiger partial charge in [0, 0.05) is 23.3 Å². The molecule has 2 aromatic rings. The van der Waals surface area contributed by atoms with E-state index in [0.717, 1.165) is 5.52 Å². The largest absolute Gasteiger partial charge is 0.382 e. The average molecular weight is 198 g/mol. The van der Waals surface area contributed by atoms with Crippen molar-refractivity contribution in [3.8, 4) is 0 Å². The van der Waals surface area contributed by atoms with E-state index in [1.165, 1.54) is 30.3 Å². The minimum absolute atomic E-state index is 0.677. The van der Waals surface area contributed by atoms with Crippen molar-refractivity contribution in [1.82, 2.24) is 4.98 Å². The first kappa shape index (κ1) is 8.72. The van der Waals surface area contributed by atoms with Crippen molar-refractivity contribution in [2.75, 3.05) is 5.32 Å². The molecule has 1 heterocycles. The van der Waals surface area contributed by atoms with Gasteiger partial charge >= 0.3 is 0 Å². The normalized spacial score (nSPS) is 16.3. The van der Waals surface area contributed by atoms with Gasteiger partial charge in [0.25, 0.3) is 0 Å². The molecule has 1 saturated carbocycles. The Morgan fingerprint density at radius 2 is 2.07 bits per heavy atom. The molecule has 76 valence electrons. The molecule has 1 N–H and O–H groups in total. The van der Waals surface area contributed by atoms with Crippen LogP contribution in [-0.4, -0.2) is 11.0 Å². The van der Waals surface area contributed by atoms with Gasteiger partial charge in [-0.1, -0.05) is 6.07 Å². The van der Waals surface area contributed by atoms with Crippen LogP contribution < -0.4 is 5.32 Å². The maximum absolute atomic E-state index is 4.35. The zero-order valence-corrected chi connectivity index (χ0v) is 8.61. The Kier molecular flexibility index (Phi) is 2.05. The van der Waals surface area contributed by atoms with Crippen molar-refractivity contribution in [3.05, 3.63) is 36.5 Å². The number of nitrogens with one attached hydrogen (secondary N) is 1. The molecule has 0 atom stereocenters. The number of fused-ring (bicyclic) bond motifs is 1. The highest BCUT2D eigenvalue weighted by Crippen LogP contribution is 2.27. The molecule has 1 fully saturated rings. The number of pyridine rings is 1. The minimum Gasteiger partial charge on any atom is -0.382 e. The summed E-state index contributed by atoms with van der Waals surface area (Å²) < 4.78 is 0. The van der Waals surface area contributed by atoms with Crippen LogP contribution in [0.25, 0.3) is 10.9 Å². The van der Waals surface area contributed by atoms with Crippen LogP contribution in [0.1, 0.15) is 19.3 Å². The molecule has 0 radical (unpaired) electrons. The summed E-state index contributed by atoms with van der Waals surface area (Å²) in [5.41, 5.74) is 2.30. The van der Waals surface area contributed by atoms with Gasteiger partial charge in [-0.05, 0) is 43.5 Å². The summed E-state index contributed by atoms with van der Waals surface area (Å²) in [6.45, 7) is 0. The van der Waals surface area contributed by atoms with Gasteiger partial charge in [0.05, 0.1) is 5.52 Å². The van der Waals surface area contributed by atoms with E-state index in [4.69, 9.17) is 0 Å². The molecule has 0 amide bonds. The van der Waals surface area contributed by atoms with Crippen LogP contribution in [0, 0.1) is 0 Å². The lowest BCUT2D eigenvalue weighted by Crippen LogP contribution is -2.26. The molecular formula is C13H14N2. The highest BCUT2D eigenvalue weighted by molar-refractivity contribution is 5.91. The van der Waals surface area contributed by atoms with E-state index in [1.54, 1.807) is 0 Å². The van der Waals surface area contributed by atoms with Crippen molar-refractivity contribution in [2.45, 2.75) is 25.3 Å². The number of hydrogen-bond acceptors (Lipinski definition) is 2. The number of aromatic nitrogens is 1. The summed E-state index contributed by atoms with van der Waals surface area (Å²) >= 11 is 0. The summed E-state index contributed by atoms with van der Waals surface area (Å²) in [6.07, 6.45) is 5.81. The standard InChI is InChI=1S/C13H14N2/c1-4-10(5-1)15-13-8-2-7-12-11(13)6-3-9-14-12/h2-3,6-10,15H,1,4-5H2. The van der Waals surface area contributed by atoms with Gasteiger partial charge < -0.3 is 5.32 Å². The molecule has 0 bridgehead atoms. The molecule has 1 aliphatic carbocycles. The van der Waals surface area contributed by atoms with E-state index >= 15 is 0 Å². The minimum atomic E-state index is 0.677. The molecule has 0 spiro atoms. The number of benzene rings is 1. The average Bonchev–Trinajstić information content (AvgIpc) is 2.23. The smallest absolute Gasteiger partial charge is 0.0722 e. The SMILES string of the molecule is c1cc(NC2CCC2)c2cccnc2c1. The van der Waals surface area contributed by atoms with Crippen LogP contribution in [0.2, 0.25) is 0 Å². The lowest BCUT2D eigenvalue weighted by Gasteiger charge is -2.28. The number of nitrogens with zero attached hydrogens (tertiary/aromatic N) is 1. The summed E-state index contributed by atoms with van der Waals surface area (Å²) in [4.78, 5) is 4.35. The van der Waals surface area contributed by atoms with Crippen molar-refractivity contribution in [2.24, 2.45) is 0 Å². The van der Waals surface area contributed by atoms with E-state index in [-0.39, 0.29) is 0 Å². The topological polar surface area (TPSA) is 24.9 Å². The highest BCUT2D eigenvalue weighted by atomic mass is 14.9. The maximum Gasteiger partial charge on any atom is 0.0722 e. The first-order chi connectivity index (χ1) is 7.43. The van der Waals surface area contributed by atoms with Gasteiger partial charge in [0.2, 0.25) is 0 Å². The first-order valence-corrected chi connectivity index (χ1v) is 5.54. The Balaban J connectivity index is 2.01.